The Balaban J connectivity index is 5.67. The van der Waals surface area contributed by atoms with Gasteiger partial charge in [-0.15, -0.1) is 0 Å². The van der Waals surface area contributed by atoms with Crippen LogP contribution in [-0.2, 0) is 18.4 Å². The number of rotatable bonds is 11. The summed E-state index contributed by atoms with van der Waals surface area (Å²) >= 11 is 0. The highest BCUT2D eigenvalue weighted by Gasteiger charge is 2.42. The van der Waals surface area contributed by atoms with E-state index in [-0.39, 0.29) is 40.8 Å². The molecule has 0 saturated carbocycles. The van der Waals surface area contributed by atoms with Crippen molar-refractivity contribution in [2.45, 2.75) is 110 Å². The molecule has 5 nitrogen and oxygen atoms in total. The van der Waals surface area contributed by atoms with Gasteiger partial charge in [-0.3, -0.25) is 0 Å². The van der Waals surface area contributed by atoms with Crippen molar-refractivity contribution >= 4 is 22.6 Å². The van der Waals surface area contributed by atoms with Crippen molar-refractivity contribution in [1.29, 1.82) is 0 Å². The molecule has 0 radical (unpaired) electrons. The summed E-state index contributed by atoms with van der Waals surface area (Å²) in [7, 11) is -4.08. The van der Waals surface area contributed by atoms with Gasteiger partial charge in [-0.05, 0) is 49.1 Å². The number of hydrogen-bond donors (Lipinski definition) is 1. The predicted octanol–water partition coefficient (Wildman–Crippen LogP) is 5.91. The van der Waals surface area contributed by atoms with Crippen molar-refractivity contribution in [3.8, 4) is 0 Å². The second kappa shape index (κ2) is 11.4. The molecule has 30 heavy (non-hydrogen) atoms. The van der Waals surface area contributed by atoms with Crippen molar-refractivity contribution in [3.05, 3.63) is 12.2 Å². The van der Waals surface area contributed by atoms with E-state index >= 15 is 0 Å². The van der Waals surface area contributed by atoms with Crippen LogP contribution in [0, 0.1) is 5.92 Å². The van der Waals surface area contributed by atoms with Crippen molar-refractivity contribution in [2.75, 3.05) is 13.2 Å². The third-order valence-electron chi connectivity index (χ3n) is 6.63. The molecule has 0 aliphatic heterocycles. The fourth-order valence-corrected chi connectivity index (χ4v) is 5.26. The van der Waals surface area contributed by atoms with Crippen molar-refractivity contribution < 1.29 is 23.5 Å². The van der Waals surface area contributed by atoms with Crippen LogP contribution in [0.2, 0.25) is 36.3 Å². The number of aliphatic hydroxyl groups excluding tert-OH is 1. The molecular formula is C23H48O5Si2. The van der Waals surface area contributed by atoms with Crippen LogP contribution in [0.3, 0.4) is 0 Å². The van der Waals surface area contributed by atoms with Crippen molar-refractivity contribution in [2.24, 2.45) is 5.92 Å². The summed E-state index contributed by atoms with van der Waals surface area (Å²) in [5.74, 6) is -0.354. The zero-order valence-corrected chi connectivity index (χ0v) is 23.6. The highest BCUT2D eigenvalue weighted by molar-refractivity contribution is 6.74. The lowest BCUT2D eigenvalue weighted by molar-refractivity contribution is -0.137. The number of hydrogen-bond acceptors (Lipinski definition) is 5. The molecule has 1 N–H and O–H groups in total. The van der Waals surface area contributed by atoms with Crippen LogP contribution in [0.1, 0.15) is 61.8 Å². The van der Waals surface area contributed by atoms with Crippen LogP contribution in [0.15, 0.2) is 12.2 Å². The molecule has 0 aliphatic carbocycles. The fourth-order valence-electron chi connectivity index (χ4n) is 2.48. The first-order valence-electron chi connectivity index (χ1n) is 11.2. The van der Waals surface area contributed by atoms with Crippen molar-refractivity contribution in [3.63, 3.8) is 0 Å². The molecule has 7 heteroatoms. The van der Waals surface area contributed by atoms with E-state index in [0.717, 1.165) is 0 Å². The Kier molecular flexibility index (Phi) is 11.2. The Morgan fingerprint density at radius 3 is 1.83 bits per heavy atom. The monoisotopic (exact) mass is 460 g/mol. The molecule has 0 fully saturated rings. The van der Waals surface area contributed by atoms with Gasteiger partial charge in [0.1, 0.15) is 0 Å². The molecular weight excluding hydrogens is 412 g/mol. The Bertz CT molecular complexity index is 559. The van der Waals surface area contributed by atoms with Gasteiger partial charge < -0.3 is 18.7 Å². The van der Waals surface area contributed by atoms with Crippen LogP contribution >= 0.6 is 0 Å². The molecule has 0 spiro atoms. The summed E-state index contributed by atoms with van der Waals surface area (Å²) in [5, 5.41) is 10.2. The minimum absolute atomic E-state index is 0.0133. The van der Waals surface area contributed by atoms with Gasteiger partial charge in [-0.25, -0.2) is 4.79 Å². The Labute approximate surface area is 187 Å². The normalized spacial score (nSPS) is 17.1. The van der Waals surface area contributed by atoms with Crippen LogP contribution < -0.4 is 0 Å². The number of ether oxygens (including phenoxy) is 1. The molecule has 0 aromatic rings. The van der Waals surface area contributed by atoms with E-state index in [9.17, 15) is 9.90 Å². The van der Waals surface area contributed by atoms with Gasteiger partial charge in [-0.1, -0.05) is 54.5 Å². The predicted molar refractivity (Wildman–Crippen MR) is 131 cm³/mol. The van der Waals surface area contributed by atoms with Gasteiger partial charge in [0.25, 0.3) is 0 Å². The minimum Gasteiger partial charge on any atom is -0.463 e. The third kappa shape index (κ3) is 9.34. The largest absolute Gasteiger partial charge is 0.463 e. The van der Waals surface area contributed by atoms with Crippen LogP contribution in [0.5, 0.6) is 0 Å². The standard InChI is InChI=1S/C23H48O5Si2/c1-13-26-21(25)15-14-18(2)20(28-30(11,12)23(6,7)8)16-19(17-24)27-29(9,10)22(3,4)5/h14-15,18-20,24H,13,16-17H2,1-12H3/t18-,19+,20+/m1/s1. The van der Waals surface area contributed by atoms with E-state index in [4.69, 9.17) is 13.6 Å². The van der Waals surface area contributed by atoms with Crippen LogP contribution in [0.25, 0.3) is 0 Å². The number of carbonyl (C=O) groups excluding carboxylic acids is 1. The Morgan fingerprint density at radius 1 is 0.967 bits per heavy atom. The van der Waals surface area contributed by atoms with Gasteiger partial charge in [0.15, 0.2) is 16.6 Å². The maximum atomic E-state index is 11.8. The number of carbonyl (C=O) groups is 1. The van der Waals surface area contributed by atoms with Crippen LogP contribution in [-0.4, -0.2) is 53.1 Å². The SMILES string of the molecule is CCOC(=O)C=C[C@@H](C)[C@H](C[C@@H](CO)O[Si](C)(C)C(C)(C)C)O[Si](C)(C)C(C)(C)C. The molecule has 0 rings (SSSR count). The molecule has 178 valence electrons. The molecule has 0 unspecified atom stereocenters. The molecule has 0 amide bonds. The summed E-state index contributed by atoms with van der Waals surface area (Å²) in [6.07, 6.45) is 3.48. The molecule has 0 heterocycles. The lowest BCUT2D eigenvalue weighted by Gasteiger charge is -2.43. The quantitative estimate of drug-likeness (QED) is 0.236. The lowest BCUT2D eigenvalue weighted by atomic mass is 9.99. The highest BCUT2D eigenvalue weighted by atomic mass is 28.4. The molecule has 0 saturated heterocycles. The average molecular weight is 461 g/mol. The highest BCUT2D eigenvalue weighted by Crippen LogP contribution is 2.40. The van der Waals surface area contributed by atoms with Crippen LogP contribution in [0.4, 0.5) is 0 Å². The van der Waals surface area contributed by atoms with E-state index in [1.807, 2.05) is 13.0 Å². The minimum atomic E-state index is -2.05. The zero-order valence-electron chi connectivity index (χ0n) is 21.6. The zero-order chi connectivity index (χ0) is 24.0. The maximum Gasteiger partial charge on any atom is 0.330 e. The molecule has 3 atom stereocenters. The molecule has 0 aliphatic rings. The van der Waals surface area contributed by atoms with Gasteiger partial charge in [0.05, 0.1) is 25.4 Å². The Morgan fingerprint density at radius 2 is 1.43 bits per heavy atom. The van der Waals surface area contributed by atoms with Gasteiger partial charge in [0.2, 0.25) is 0 Å². The summed E-state index contributed by atoms with van der Waals surface area (Å²) in [6, 6.07) is 0. The number of aliphatic hydroxyl groups is 1. The summed E-state index contributed by atoms with van der Waals surface area (Å²) in [4.78, 5) is 11.8. The topological polar surface area (TPSA) is 65.0 Å². The molecule has 0 aromatic heterocycles. The van der Waals surface area contributed by atoms with E-state index in [1.54, 1.807) is 6.92 Å². The van der Waals surface area contributed by atoms with Gasteiger partial charge in [-0.2, -0.15) is 0 Å². The van der Waals surface area contributed by atoms with Gasteiger partial charge >= 0.3 is 5.97 Å². The summed E-state index contributed by atoms with van der Waals surface area (Å²) < 4.78 is 18.3. The second-order valence-corrected chi connectivity index (χ2v) is 20.8. The third-order valence-corrected chi connectivity index (χ3v) is 15.7. The van der Waals surface area contributed by atoms with E-state index in [2.05, 4.69) is 67.7 Å². The molecule has 0 bridgehead atoms. The smallest absolute Gasteiger partial charge is 0.330 e. The Hall–Kier alpha value is -0.476. The van der Waals surface area contributed by atoms with E-state index in [1.165, 1.54) is 6.08 Å². The van der Waals surface area contributed by atoms with E-state index in [0.29, 0.717) is 13.0 Å². The lowest BCUT2D eigenvalue weighted by Crippen LogP contribution is -2.49. The summed E-state index contributed by atoms with van der Waals surface area (Å²) in [6.45, 7) is 26.2. The first-order chi connectivity index (χ1) is 13.4. The fraction of sp³-hybridized carbons (Fsp3) is 0.870. The molecule has 0 aromatic carbocycles. The first kappa shape index (κ1) is 29.5. The average Bonchev–Trinajstić information content (AvgIpc) is 2.56. The van der Waals surface area contributed by atoms with Gasteiger partial charge in [0, 0.05) is 12.5 Å². The van der Waals surface area contributed by atoms with E-state index < -0.39 is 16.6 Å². The second-order valence-electron chi connectivity index (χ2n) is 11.3. The summed E-state index contributed by atoms with van der Waals surface area (Å²) in [5.41, 5.74) is 0. The first-order valence-corrected chi connectivity index (χ1v) is 17.0. The van der Waals surface area contributed by atoms with Crippen molar-refractivity contribution in [1.82, 2.24) is 0 Å². The number of esters is 1. The maximum absolute atomic E-state index is 11.8.